The van der Waals surface area contributed by atoms with Gasteiger partial charge in [-0.2, -0.15) is 5.10 Å². The van der Waals surface area contributed by atoms with Crippen LogP contribution in [0.15, 0.2) is 35.2 Å². The summed E-state index contributed by atoms with van der Waals surface area (Å²) in [5.74, 6) is 5.98. The monoisotopic (exact) mass is 261 g/mol. The predicted molar refractivity (Wildman–Crippen MR) is 61.1 cm³/mol. The van der Waals surface area contributed by atoms with Gasteiger partial charge >= 0.3 is 0 Å². The smallest absolute Gasteiger partial charge is 0.135 e. The van der Waals surface area contributed by atoms with Crippen molar-refractivity contribution >= 4 is 15.9 Å². The lowest BCUT2D eigenvalue weighted by molar-refractivity contribution is 0.764. The van der Waals surface area contributed by atoms with E-state index in [9.17, 15) is 0 Å². The fourth-order valence-corrected chi connectivity index (χ4v) is 1.40. The third-order valence-corrected chi connectivity index (χ3v) is 2.50. The zero-order chi connectivity index (χ0) is 10.7. The standard InChI is InChI=1S/C11H8BrN3/c1-15-7-5-10(14-15)3-2-9-8-13-6-4-11(9)12/h4-8H,1H3. The highest BCUT2D eigenvalue weighted by atomic mass is 79.9. The minimum Gasteiger partial charge on any atom is -0.275 e. The Balaban J connectivity index is 2.30. The fourth-order valence-electron chi connectivity index (χ4n) is 1.08. The summed E-state index contributed by atoms with van der Waals surface area (Å²) < 4.78 is 2.67. The molecule has 0 aliphatic carbocycles. The van der Waals surface area contributed by atoms with Crippen molar-refractivity contribution in [2.24, 2.45) is 7.05 Å². The molecule has 2 aromatic rings. The molecule has 4 heteroatoms. The fraction of sp³-hybridized carbons (Fsp3) is 0.0909. The molecule has 0 unspecified atom stereocenters. The number of aromatic nitrogens is 3. The number of aryl methyl sites for hydroxylation is 1. The maximum Gasteiger partial charge on any atom is 0.135 e. The molecule has 0 saturated heterocycles. The van der Waals surface area contributed by atoms with Crippen LogP contribution < -0.4 is 0 Å². The number of halogens is 1. The van der Waals surface area contributed by atoms with Crippen LogP contribution in [0, 0.1) is 11.8 Å². The second-order valence-corrected chi connectivity index (χ2v) is 3.83. The Bertz CT molecular complexity index is 534. The molecule has 0 spiro atoms. The van der Waals surface area contributed by atoms with Gasteiger partial charge in [-0.1, -0.05) is 5.92 Å². The van der Waals surface area contributed by atoms with Crippen LogP contribution in [0.2, 0.25) is 0 Å². The van der Waals surface area contributed by atoms with Crippen molar-refractivity contribution in [2.45, 2.75) is 0 Å². The van der Waals surface area contributed by atoms with E-state index in [1.54, 1.807) is 17.1 Å². The van der Waals surface area contributed by atoms with Crippen molar-refractivity contribution in [2.75, 3.05) is 0 Å². The average molecular weight is 262 g/mol. The third-order valence-electron chi connectivity index (χ3n) is 1.81. The number of rotatable bonds is 0. The molecule has 0 saturated carbocycles. The average Bonchev–Trinajstić information content (AvgIpc) is 2.63. The molecule has 0 aromatic carbocycles. The van der Waals surface area contributed by atoms with Crippen molar-refractivity contribution < 1.29 is 0 Å². The number of hydrogen-bond acceptors (Lipinski definition) is 2. The Morgan fingerprint density at radius 2 is 2.20 bits per heavy atom. The lowest BCUT2D eigenvalue weighted by Crippen LogP contribution is -1.87. The molecule has 0 radical (unpaired) electrons. The topological polar surface area (TPSA) is 30.7 Å². The molecule has 0 aliphatic heterocycles. The third kappa shape index (κ3) is 2.45. The number of hydrogen-bond donors (Lipinski definition) is 0. The maximum absolute atomic E-state index is 4.16. The Morgan fingerprint density at radius 3 is 2.87 bits per heavy atom. The molecule has 0 N–H and O–H groups in total. The van der Waals surface area contributed by atoms with E-state index in [2.05, 4.69) is 37.9 Å². The molecule has 0 amide bonds. The molecule has 0 aliphatic rings. The first-order chi connectivity index (χ1) is 7.25. The summed E-state index contributed by atoms with van der Waals surface area (Å²) in [6, 6.07) is 3.74. The zero-order valence-corrected chi connectivity index (χ0v) is 9.69. The molecular weight excluding hydrogens is 254 g/mol. The van der Waals surface area contributed by atoms with Crippen molar-refractivity contribution in [3.8, 4) is 11.8 Å². The van der Waals surface area contributed by atoms with Gasteiger partial charge in [0, 0.05) is 30.1 Å². The lowest BCUT2D eigenvalue weighted by atomic mass is 10.3. The van der Waals surface area contributed by atoms with E-state index in [1.165, 1.54) is 0 Å². The molecule has 0 bridgehead atoms. The molecule has 2 heterocycles. The van der Waals surface area contributed by atoms with Gasteiger partial charge in [0.1, 0.15) is 5.69 Å². The van der Waals surface area contributed by atoms with E-state index >= 15 is 0 Å². The maximum atomic E-state index is 4.16. The van der Waals surface area contributed by atoms with E-state index in [0.717, 1.165) is 15.7 Å². The van der Waals surface area contributed by atoms with Crippen LogP contribution >= 0.6 is 15.9 Å². The minimum absolute atomic E-state index is 0.758. The quantitative estimate of drug-likeness (QED) is 0.680. The van der Waals surface area contributed by atoms with E-state index in [-0.39, 0.29) is 0 Å². The second-order valence-electron chi connectivity index (χ2n) is 2.98. The van der Waals surface area contributed by atoms with Gasteiger partial charge in [-0.05, 0) is 34.0 Å². The van der Waals surface area contributed by atoms with Crippen molar-refractivity contribution in [3.63, 3.8) is 0 Å². The highest BCUT2D eigenvalue weighted by Gasteiger charge is 1.94. The number of nitrogens with zero attached hydrogens (tertiary/aromatic N) is 3. The van der Waals surface area contributed by atoms with Crippen LogP contribution in [0.5, 0.6) is 0 Å². The Kier molecular flexibility index (Phi) is 2.84. The van der Waals surface area contributed by atoms with E-state index in [0.29, 0.717) is 0 Å². The van der Waals surface area contributed by atoms with Gasteiger partial charge < -0.3 is 0 Å². The molecule has 15 heavy (non-hydrogen) atoms. The van der Waals surface area contributed by atoms with E-state index < -0.39 is 0 Å². The van der Waals surface area contributed by atoms with Gasteiger partial charge in [0.05, 0.1) is 5.56 Å². The highest BCUT2D eigenvalue weighted by molar-refractivity contribution is 9.10. The molecule has 0 atom stereocenters. The van der Waals surface area contributed by atoms with Crippen LogP contribution in [0.4, 0.5) is 0 Å². The summed E-state index contributed by atoms with van der Waals surface area (Å²) in [6.07, 6.45) is 5.30. The van der Waals surface area contributed by atoms with Crippen molar-refractivity contribution in [1.82, 2.24) is 14.8 Å². The summed E-state index contributed by atoms with van der Waals surface area (Å²) in [5.41, 5.74) is 1.62. The Hall–Kier alpha value is -1.60. The first-order valence-corrected chi connectivity index (χ1v) is 5.16. The molecule has 0 fully saturated rings. The Morgan fingerprint density at radius 1 is 1.33 bits per heavy atom. The van der Waals surface area contributed by atoms with E-state index in [1.807, 2.05) is 25.4 Å². The van der Waals surface area contributed by atoms with Gasteiger partial charge in [0.2, 0.25) is 0 Å². The summed E-state index contributed by atoms with van der Waals surface area (Å²) in [7, 11) is 1.87. The lowest BCUT2D eigenvalue weighted by Gasteiger charge is -1.91. The number of pyridine rings is 1. The predicted octanol–water partition coefficient (Wildman–Crippen LogP) is 1.98. The molecule has 2 aromatic heterocycles. The summed E-state index contributed by atoms with van der Waals surface area (Å²) >= 11 is 3.41. The van der Waals surface area contributed by atoms with Gasteiger partial charge in [-0.3, -0.25) is 9.67 Å². The zero-order valence-electron chi connectivity index (χ0n) is 8.11. The summed E-state index contributed by atoms with van der Waals surface area (Å²) in [4.78, 5) is 4.00. The van der Waals surface area contributed by atoms with Gasteiger partial charge in [0.25, 0.3) is 0 Å². The van der Waals surface area contributed by atoms with Crippen LogP contribution in [0.25, 0.3) is 0 Å². The molecule has 3 nitrogen and oxygen atoms in total. The summed E-state index contributed by atoms with van der Waals surface area (Å²) in [6.45, 7) is 0. The van der Waals surface area contributed by atoms with Gasteiger partial charge in [-0.25, -0.2) is 0 Å². The molecule has 2 rings (SSSR count). The second kappa shape index (κ2) is 4.28. The molecular formula is C11H8BrN3. The van der Waals surface area contributed by atoms with Crippen LogP contribution in [0.1, 0.15) is 11.3 Å². The molecule has 74 valence electrons. The van der Waals surface area contributed by atoms with E-state index in [4.69, 9.17) is 0 Å². The Labute approximate surface area is 96.3 Å². The van der Waals surface area contributed by atoms with Gasteiger partial charge in [-0.15, -0.1) is 0 Å². The summed E-state index contributed by atoms with van der Waals surface area (Å²) in [5, 5.41) is 4.16. The van der Waals surface area contributed by atoms with Crippen molar-refractivity contribution in [3.05, 3.63) is 46.5 Å². The van der Waals surface area contributed by atoms with Crippen LogP contribution in [-0.4, -0.2) is 14.8 Å². The van der Waals surface area contributed by atoms with Crippen LogP contribution in [-0.2, 0) is 7.05 Å². The SMILES string of the molecule is Cn1ccc(C#Cc2cnccc2Br)n1. The van der Waals surface area contributed by atoms with Crippen LogP contribution in [0.3, 0.4) is 0 Å². The largest absolute Gasteiger partial charge is 0.275 e. The highest BCUT2D eigenvalue weighted by Crippen LogP contribution is 2.12. The minimum atomic E-state index is 0.758. The van der Waals surface area contributed by atoms with Gasteiger partial charge in [0.15, 0.2) is 0 Å². The normalized spacial score (nSPS) is 9.47. The first-order valence-electron chi connectivity index (χ1n) is 4.37. The first kappa shape index (κ1) is 9.94. The van der Waals surface area contributed by atoms with Crippen molar-refractivity contribution in [1.29, 1.82) is 0 Å².